The first-order valence-electron chi connectivity index (χ1n) is 6.66. The molecule has 1 saturated heterocycles. The van der Waals surface area contributed by atoms with Gasteiger partial charge in [0.1, 0.15) is 0 Å². The number of hydrogen-bond donors (Lipinski definition) is 1. The maximum Gasteiger partial charge on any atom is 0.233 e. The van der Waals surface area contributed by atoms with E-state index in [-0.39, 0.29) is 5.91 Å². The van der Waals surface area contributed by atoms with Gasteiger partial charge in [0.25, 0.3) is 0 Å². The van der Waals surface area contributed by atoms with E-state index in [0.717, 1.165) is 22.7 Å². The molecule has 2 rings (SSSR count). The lowest BCUT2D eigenvalue weighted by molar-refractivity contribution is -0.134. The zero-order valence-corrected chi connectivity index (χ0v) is 13.3. The predicted molar refractivity (Wildman–Crippen MR) is 81.6 cm³/mol. The van der Waals surface area contributed by atoms with Crippen molar-refractivity contribution in [1.82, 2.24) is 9.88 Å². The van der Waals surface area contributed by atoms with E-state index < -0.39 is 0 Å². The van der Waals surface area contributed by atoms with E-state index in [9.17, 15) is 4.79 Å². The highest BCUT2D eigenvalue weighted by Crippen LogP contribution is 2.31. The van der Waals surface area contributed by atoms with Crippen molar-refractivity contribution in [3.05, 3.63) is 5.69 Å². The Labute approximate surface area is 122 Å². The standard InChI is InChI=1S/C13H21N3OS2/c1-8-5-4-6-9(2)16(8)11(17)7-18-12-10(3)15-13(14)19-12/h8-9H,4-7H2,1-3H3,(H2,14,15). The summed E-state index contributed by atoms with van der Waals surface area (Å²) in [5, 5.41) is 0.576. The highest BCUT2D eigenvalue weighted by atomic mass is 32.2. The smallest absolute Gasteiger partial charge is 0.233 e. The van der Waals surface area contributed by atoms with Gasteiger partial charge in [0.05, 0.1) is 15.7 Å². The van der Waals surface area contributed by atoms with Crippen LogP contribution in [0.25, 0.3) is 0 Å². The first-order chi connectivity index (χ1) is 8.99. The van der Waals surface area contributed by atoms with Crippen LogP contribution >= 0.6 is 23.1 Å². The largest absolute Gasteiger partial charge is 0.375 e. The van der Waals surface area contributed by atoms with E-state index in [0.29, 0.717) is 23.0 Å². The number of nitrogen functional groups attached to an aromatic ring is 1. The van der Waals surface area contributed by atoms with E-state index in [4.69, 9.17) is 5.73 Å². The number of rotatable bonds is 3. The summed E-state index contributed by atoms with van der Waals surface area (Å²) >= 11 is 3.02. The Hall–Kier alpha value is -0.750. The quantitative estimate of drug-likeness (QED) is 0.872. The minimum absolute atomic E-state index is 0.232. The van der Waals surface area contributed by atoms with Crippen molar-refractivity contribution in [3.63, 3.8) is 0 Å². The molecular weight excluding hydrogens is 278 g/mol. The monoisotopic (exact) mass is 299 g/mol. The summed E-state index contributed by atoms with van der Waals surface area (Å²) in [7, 11) is 0. The fraction of sp³-hybridized carbons (Fsp3) is 0.692. The Bertz CT molecular complexity index is 451. The van der Waals surface area contributed by atoms with Crippen molar-refractivity contribution in [2.45, 2.75) is 56.3 Å². The topological polar surface area (TPSA) is 59.2 Å². The summed E-state index contributed by atoms with van der Waals surface area (Å²) in [5.74, 6) is 0.716. The molecule has 6 heteroatoms. The Kier molecular flexibility index (Phi) is 4.73. The van der Waals surface area contributed by atoms with E-state index >= 15 is 0 Å². The van der Waals surface area contributed by atoms with Crippen molar-refractivity contribution in [1.29, 1.82) is 0 Å². The number of aryl methyl sites for hydroxylation is 1. The van der Waals surface area contributed by atoms with Crippen LogP contribution in [-0.2, 0) is 4.79 Å². The number of nitrogens with zero attached hydrogens (tertiary/aromatic N) is 2. The Morgan fingerprint density at radius 2 is 2.11 bits per heavy atom. The molecule has 0 bridgehead atoms. The van der Waals surface area contributed by atoms with Crippen LogP contribution in [0.15, 0.2) is 4.21 Å². The molecule has 2 atom stereocenters. The molecule has 2 heterocycles. The number of aromatic nitrogens is 1. The lowest BCUT2D eigenvalue weighted by Crippen LogP contribution is -2.48. The molecule has 1 amide bonds. The number of nitrogens with two attached hydrogens (primary N) is 1. The van der Waals surface area contributed by atoms with Gasteiger partial charge >= 0.3 is 0 Å². The van der Waals surface area contributed by atoms with Gasteiger partial charge in [-0.1, -0.05) is 11.3 Å². The van der Waals surface area contributed by atoms with Crippen LogP contribution in [0.1, 0.15) is 38.8 Å². The SMILES string of the molecule is Cc1nc(N)sc1SCC(=O)N1C(C)CCCC1C. The Morgan fingerprint density at radius 1 is 1.47 bits per heavy atom. The molecule has 0 radical (unpaired) electrons. The zero-order valence-electron chi connectivity index (χ0n) is 11.7. The lowest BCUT2D eigenvalue weighted by atomic mass is 9.98. The van der Waals surface area contributed by atoms with Gasteiger partial charge in [-0.15, -0.1) is 11.8 Å². The van der Waals surface area contributed by atoms with Crippen LogP contribution in [-0.4, -0.2) is 33.6 Å². The number of amides is 1. The third-order valence-corrected chi connectivity index (χ3v) is 5.91. The van der Waals surface area contributed by atoms with Gasteiger partial charge in [-0.3, -0.25) is 4.79 Å². The van der Waals surface area contributed by atoms with Crippen LogP contribution in [0, 0.1) is 6.92 Å². The molecule has 2 unspecified atom stereocenters. The van der Waals surface area contributed by atoms with Crippen LogP contribution in [0.2, 0.25) is 0 Å². The van der Waals surface area contributed by atoms with E-state index in [1.54, 1.807) is 11.8 Å². The van der Waals surface area contributed by atoms with Crippen LogP contribution in [0.5, 0.6) is 0 Å². The number of hydrogen-bond acceptors (Lipinski definition) is 5. The summed E-state index contributed by atoms with van der Waals surface area (Å²) in [6.07, 6.45) is 3.46. The average molecular weight is 299 g/mol. The first-order valence-corrected chi connectivity index (χ1v) is 8.46. The molecule has 2 N–H and O–H groups in total. The normalized spacial score (nSPS) is 23.6. The number of carbonyl (C=O) groups excluding carboxylic acids is 1. The molecule has 0 aromatic carbocycles. The highest BCUT2D eigenvalue weighted by molar-refractivity contribution is 8.01. The third kappa shape index (κ3) is 3.42. The second kappa shape index (κ2) is 6.13. The fourth-order valence-electron chi connectivity index (χ4n) is 2.65. The van der Waals surface area contributed by atoms with Crippen molar-refractivity contribution in [2.75, 3.05) is 11.5 Å². The predicted octanol–water partition coefficient (Wildman–Crippen LogP) is 2.92. The van der Waals surface area contributed by atoms with Crippen molar-refractivity contribution in [3.8, 4) is 0 Å². The Balaban J connectivity index is 1.95. The van der Waals surface area contributed by atoms with Gasteiger partial charge in [0, 0.05) is 12.1 Å². The van der Waals surface area contributed by atoms with Crippen molar-refractivity contribution < 1.29 is 4.79 Å². The van der Waals surface area contributed by atoms with Gasteiger partial charge in [0.15, 0.2) is 5.13 Å². The zero-order chi connectivity index (χ0) is 14.0. The number of thiazole rings is 1. The highest BCUT2D eigenvalue weighted by Gasteiger charge is 2.28. The van der Waals surface area contributed by atoms with Crippen LogP contribution in [0.3, 0.4) is 0 Å². The maximum atomic E-state index is 12.4. The number of piperidine rings is 1. The van der Waals surface area contributed by atoms with Gasteiger partial charge in [-0.25, -0.2) is 4.98 Å². The summed E-state index contributed by atoms with van der Waals surface area (Å²) in [6, 6.07) is 0.731. The van der Waals surface area contributed by atoms with Gasteiger partial charge in [-0.2, -0.15) is 0 Å². The molecule has 1 aliphatic rings. The molecule has 0 aliphatic carbocycles. The van der Waals surface area contributed by atoms with Gasteiger partial charge in [-0.05, 0) is 40.0 Å². The number of thioether (sulfide) groups is 1. The van der Waals surface area contributed by atoms with Gasteiger partial charge < -0.3 is 10.6 Å². The summed E-state index contributed by atoms with van der Waals surface area (Å²) < 4.78 is 1.06. The number of likely N-dealkylation sites (tertiary alicyclic amines) is 1. The molecule has 1 aromatic heterocycles. The minimum Gasteiger partial charge on any atom is -0.375 e. The molecule has 1 aliphatic heterocycles. The molecule has 106 valence electrons. The van der Waals surface area contributed by atoms with Crippen molar-refractivity contribution in [2.24, 2.45) is 0 Å². The third-order valence-electron chi connectivity index (χ3n) is 3.58. The maximum absolute atomic E-state index is 12.4. The molecule has 0 spiro atoms. The van der Waals surface area contributed by atoms with Gasteiger partial charge in [0.2, 0.25) is 5.91 Å². The molecule has 0 saturated carbocycles. The van der Waals surface area contributed by atoms with E-state index in [1.807, 2.05) is 6.92 Å². The number of carbonyl (C=O) groups is 1. The average Bonchev–Trinajstić information content (AvgIpc) is 2.65. The molecule has 1 fully saturated rings. The summed E-state index contributed by atoms with van der Waals surface area (Å²) in [6.45, 7) is 6.23. The molecular formula is C13H21N3OS2. The second-order valence-electron chi connectivity index (χ2n) is 5.14. The van der Waals surface area contributed by atoms with E-state index in [2.05, 4.69) is 23.7 Å². The minimum atomic E-state index is 0.232. The van der Waals surface area contributed by atoms with E-state index in [1.165, 1.54) is 17.8 Å². The Morgan fingerprint density at radius 3 is 2.63 bits per heavy atom. The lowest BCUT2D eigenvalue weighted by Gasteiger charge is -2.39. The fourth-order valence-corrected chi connectivity index (χ4v) is 4.54. The first kappa shape index (κ1) is 14.7. The molecule has 4 nitrogen and oxygen atoms in total. The number of anilines is 1. The molecule has 1 aromatic rings. The van der Waals surface area contributed by atoms with Crippen LogP contribution in [0.4, 0.5) is 5.13 Å². The second-order valence-corrected chi connectivity index (χ2v) is 7.42. The van der Waals surface area contributed by atoms with Crippen LogP contribution < -0.4 is 5.73 Å². The molecule has 19 heavy (non-hydrogen) atoms. The summed E-state index contributed by atoms with van der Waals surface area (Å²) in [4.78, 5) is 18.6. The summed E-state index contributed by atoms with van der Waals surface area (Å²) in [5.41, 5.74) is 6.60. The van der Waals surface area contributed by atoms with Crippen molar-refractivity contribution >= 4 is 34.1 Å².